The third-order valence-corrected chi connectivity index (χ3v) is 3.86. The Kier molecular flexibility index (Phi) is 4.00. The predicted octanol–water partition coefficient (Wildman–Crippen LogP) is 1.37. The SMILES string of the molecule is CN(CC1CCCO1)C1CCCCC1N. The van der Waals surface area contributed by atoms with Crippen molar-refractivity contribution < 1.29 is 4.74 Å². The Morgan fingerprint density at radius 1 is 1.20 bits per heavy atom. The van der Waals surface area contributed by atoms with E-state index < -0.39 is 0 Å². The van der Waals surface area contributed by atoms with E-state index in [4.69, 9.17) is 10.5 Å². The van der Waals surface area contributed by atoms with Gasteiger partial charge in [-0.2, -0.15) is 0 Å². The molecule has 15 heavy (non-hydrogen) atoms. The first-order valence-electron chi connectivity index (χ1n) is 6.35. The second-order valence-corrected chi connectivity index (χ2v) is 5.09. The minimum absolute atomic E-state index is 0.380. The fourth-order valence-corrected chi connectivity index (χ4v) is 2.93. The molecule has 0 radical (unpaired) electrons. The third-order valence-electron chi connectivity index (χ3n) is 3.86. The van der Waals surface area contributed by atoms with Crippen molar-refractivity contribution in [1.82, 2.24) is 4.90 Å². The molecule has 1 heterocycles. The lowest BCUT2D eigenvalue weighted by Gasteiger charge is -2.37. The van der Waals surface area contributed by atoms with Crippen LogP contribution in [0.1, 0.15) is 38.5 Å². The number of ether oxygens (including phenoxy) is 1. The van der Waals surface area contributed by atoms with Gasteiger partial charge in [0.25, 0.3) is 0 Å². The number of hydrogen-bond donors (Lipinski definition) is 1. The second kappa shape index (κ2) is 5.28. The van der Waals surface area contributed by atoms with E-state index in [0.29, 0.717) is 18.2 Å². The first-order valence-corrected chi connectivity index (χ1v) is 6.35. The van der Waals surface area contributed by atoms with Gasteiger partial charge in [-0.05, 0) is 32.7 Å². The zero-order valence-corrected chi connectivity index (χ0v) is 9.82. The van der Waals surface area contributed by atoms with Gasteiger partial charge in [0.2, 0.25) is 0 Å². The van der Waals surface area contributed by atoms with Crippen molar-refractivity contribution in [2.45, 2.75) is 56.7 Å². The van der Waals surface area contributed by atoms with E-state index >= 15 is 0 Å². The molecule has 1 saturated carbocycles. The Labute approximate surface area is 93.0 Å². The number of rotatable bonds is 3. The van der Waals surface area contributed by atoms with E-state index in [1.807, 2.05) is 0 Å². The largest absolute Gasteiger partial charge is 0.377 e. The fourth-order valence-electron chi connectivity index (χ4n) is 2.93. The van der Waals surface area contributed by atoms with Gasteiger partial charge in [-0.3, -0.25) is 4.90 Å². The molecule has 0 amide bonds. The smallest absolute Gasteiger partial charge is 0.0702 e. The van der Waals surface area contributed by atoms with E-state index in [-0.39, 0.29) is 0 Å². The van der Waals surface area contributed by atoms with Crippen LogP contribution in [0.5, 0.6) is 0 Å². The van der Waals surface area contributed by atoms with E-state index in [9.17, 15) is 0 Å². The van der Waals surface area contributed by atoms with E-state index in [1.165, 1.54) is 38.5 Å². The molecule has 0 spiro atoms. The molecular formula is C12H24N2O. The van der Waals surface area contributed by atoms with Crippen LogP contribution >= 0.6 is 0 Å². The maximum absolute atomic E-state index is 6.17. The van der Waals surface area contributed by atoms with Crippen molar-refractivity contribution in [2.75, 3.05) is 20.2 Å². The lowest BCUT2D eigenvalue weighted by molar-refractivity contribution is 0.0565. The van der Waals surface area contributed by atoms with Crippen molar-refractivity contribution >= 4 is 0 Å². The minimum atomic E-state index is 0.380. The van der Waals surface area contributed by atoms with Crippen molar-refractivity contribution in [3.63, 3.8) is 0 Å². The van der Waals surface area contributed by atoms with Crippen molar-refractivity contribution in [3.8, 4) is 0 Å². The molecule has 0 aromatic rings. The fraction of sp³-hybridized carbons (Fsp3) is 1.00. The van der Waals surface area contributed by atoms with Gasteiger partial charge in [-0.15, -0.1) is 0 Å². The van der Waals surface area contributed by atoms with Crippen LogP contribution in [0.25, 0.3) is 0 Å². The number of nitrogens with zero attached hydrogens (tertiary/aromatic N) is 1. The average molecular weight is 212 g/mol. The first kappa shape index (κ1) is 11.4. The van der Waals surface area contributed by atoms with Gasteiger partial charge in [-0.25, -0.2) is 0 Å². The molecule has 3 atom stereocenters. The Hall–Kier alpha value is -0.120. The lowest BCUT2D eigenvalue weighted by atomic mass is 9.90. The van der Waals surface area contributed by atoms with E-state index in [1.54, 1.807) is 0 Å². The van der Waals surface area contributed by atoms with Crippen LogP contribution in [0, 0.1) is 0 Å². The molecule has 88 valence electrons. The minimum Gasteiger partial charge on any atom is -0.377 e. The molecule has 1 aliphatic carbocycles. The Morgan fingerprint density at radius 2 is 2.00 bits per heavy atom. The molecule has 2 rings (SSSR count). The van der Waals surface area contributed by atoms with Crippen molar-refractivity contribution in [2.24, 2.45) is 5.73 Å². The molecule has 3 heteroatoms. The van der Waals surface area contributed by atoms with Gasteiger partial charge in [0.05, 0.1) is 6.10 Å². The summed E-state index contributed by atoms with van der Waals surface area (Å²) in [6.07, 6.45) is 8.04. The quantitative estimate of drug-likeness (QED) is 0.768. The maximum atomic E-state index is 6.17. The van der Waals surface area contributed by atoms with Crippen LogP contribution in [-0.2, 0) is 4.74 Å². The molecule has 0 aromatic heterocycles. The van der Waals surface area contributed by atoms with Crippen LogP contribution in [0.15, 0.2) is 0 Å². The van der Waals surface area contributed by atoms with Gasteiger partial charge in [0.15, 0.2) is 0 Å². The summed E-state index contributed by atoms with van der Waals surface area (Å²) in [5.41, 5.74) is 6.17. The topological polar surface area (TPSA) is 38.5 Å². The molecule has 2 aliphatic rings. The summed E-state index contributed by atoms with van der Waals surface area (Å²) in [7, 11) is 2.21. The summed E-state index contributed by atoms with van der Waals surface area (Å²) in [6, 6.07) is 0.966. The summed E-state index contributed by atoms with van der Waals surface area (Å²) in [5, 5.41) is 0. The van der Waals surface area contributed by atoms with Crippen LogP contribution in [-0.4, -0.2) is 43.3 Å². The Balaban J connectivity index is 1.80. The highest BCUT2D eigenvalue weighted by atomic mass is 16.5. The molecule has 0 bridgehead atoms. The van der Waals surface area contributed by atoms with E-state index in [2.05, 4.69) is 11.9 Å². The molecule has 2 N–H and O–H groups in total. The zero-order chi connectivity index (χ0) is 10.7. The molecule has 1 aliphatic heterocycles. The van der Waals surface area contributed by atoms with E-state index in [0.717, 1.165) is 13.2 Å². The van der Waals surface area contributed by atoms with Crippen LogP contribution in [0.3, 0.4) is 0 Å². The highest BCUT2D eigenvalue weighted by molar-refractivity contribution is 4.86. The maximum Gasteiger partial charge on any atom is 0.0702 e. The Bertz CT molecular complexity index is 192. The highest BCUT2D eigenvalue weighted by Gasteiger charge is 2.27. The summed E-state index contributed by atoms with van der Waals surface area (Å²) in [4.78, 5) is 2.43. The monoisotopic (exact) mass is 212 g/mol. The average Bonchev–Trinajstić information content (AvgIpc) is 2.71. The normalized spacial score (nSPS) is 37.4. The van der Waals surface area contributed by atoms with Gasteiger partial charge in [0, 0.05) is 25.2 Å². The highest BCUT2D eigenvalue weighted by Crippen LogP contribution is 2.22. The first-order chi connectivity index (χ1) is 7.27. The summed E-state index contributed by atoms with van der Waals surface area (Å²) >= 11 is 0. The lowest BCUT2D eigenvalue weighted by Crippen LogP contribution is -2.49. The van der Waals surface area contributed by atoms with Crippen LogP contribution in [0.4, 0.5) is 0 Å². The molecule has 1 saturated heterocycles. The predicted molar refractivity (Wildman–Crippen MR) is 61.8 cm³/mol. The Morgan fingerprint density at radius 3 is 2.67 bits per heavy atom. The molecule has 2 fully saturated rings. The summed E-state index contributed by atoms with van der Waals surface area (Å²) in [6.45, 7) is 2.02. The van der Waals surface area contributed by atoms with Crippen molar-refractivity contribution in [3.05, 3.63) is 0 Å². The molecule has 0 aromatic carbocycles. The molecule has 3 nitrogen and oxygen atoms in total. The van der Waals surface area contributed by atoms with Crippen LogP contribution < -0.4 is 5.73 Å². The molecular weight excluding hydrogens is 188 g/mol. The number of nitrogens with two attached hydrogens (primary N) is 1. The third kappa shape index (κ3) is 2.92. The zero-order valence-electron chi connectivity index (χ0n) is 9.82. The summed E-state index contributed by atoms with van der Waals surface area (Å²) in [5.74, 6) is 0. The second-order valence-electron chi connectivity index (χ2n) is 5.09. The van der Waals surface area contributed by atoms with Gasteiger partial charge in [0.1, 0.15) is 0 Å². The number of hydrogen-bond acceptors (Lipinski definition) is 3. The number of likely N-dealkylation sites (N-methyl/N-ethyl adjacent to an activating group) is 1. The molecule has 3 unspecified atom stereocenters. The van der Waals surface area contributed by atoms with Gasteiger partial charge >= 0.3 is 0 Å². The summed E-state index contributed by atoms with van der Waals surface area (Å²) < 4.78 is 5.67. The van der Waals surface area contributed by atoms with Gasteiger partial charge < -0.3 is 10.5 Å². The van der Waals surface area contributed by atoms with Crippen LogP contribution in [0.2, 0.25) is 0 Å². The van der Waals surface area contributed by atoms with Crippen molar-refractivity contribution in [1.29, 1.82) is 0 Å². The standard InChI is InChI=1S/C12H24N2O/c1-14(9-10-5-4-8-15-10)12-7-3-2-6-11(12)13/h10-12H,2-9,13H2,1H3. The van der Waals surface area contributed by atoms with Gasteiger partial charge in [-0.1, -0.05) is 12.8 Å².